The topological polar surface area (TPSA) is 42.8 Å². The van der Waals surface area contributed by atoms with Crippen LogP contribution >= 0.6 is 11.6 Å². The lowest BCUT2D eigenvalue weighted by Gasteiger charge is -2.18. The van der Waals surface area contributed by atoms with E-state index in [0.717, 1.165) is 30.1 Å². The van der Waals surface area contributed by atoms with E-state index in [1.807, 2.05) is 49.4 Å². The van der Waals surface area contributed by atoms with Gasteiger partial charge in [-0.25, -0.2) is 0 Å². The first-order chi connectivity index (χ1) is 11.6. The van der Waals surface area contributed by atoms with Crippen molar-refractivity contribution in [3.8, 4) is 5.75 Å². The zero-order valence-electron chi connectivity index (χ0n) is 14.1. The molecule has 5 heteroatoms. The summed E-state index contributed by atoms with van der Waals surface area (Å²) in [6.07, 6.45) is 0. The number of carbonyl (C=O) groups is 1. The first-order valence-electron chi connectivity index (χ1n) is 8.16. The second-order valence-corrected chi connectivity index (χ2v) is 6.14. The van der Waals surface area contributed by atoms with Crippen LogP contribution in [0.4, 0.5) is 5.69 Å². The quantitative estimate of drug-likeness (QED) is 0.770. The van der Waals surface area contributed by atoms with Crippen molar-refractivity contribution < 1.29 is 14.4 Å². The van der Waals surface area contributed by atoms with Gasteiger partial charge >= 0.3 is 0 Å². The number of anilines is 1. The third kappa shape index (κ3) is 5.87. The number of nitrogens with one attached hydrogen (secondary N) is 2. The van der Waals surface area contributed by atoms with E-state index in [1.54, 1.807) is 6.07 Å². The summed E-state index contributed by atoms with van der Waals surface area (Å²) in [5, 5.41) is 3.56. The predicted octanol–water partition coefficient (Wildman–Crippen LogP) is 2.57. The SMILES string of the molecule is CC[NH+](CCOc1ccccc1)CC(=O)Nc1cc(Cl)ccc1C. The number of ether oxygens (including phenoxy) is 1. The van der Waals surface area contributed by atoms with Crippen LogP contribution in [0, 0.1) is 6.92 Å². The van der Waals surface area contributed by atoms with Crippen molar-refractivity contribution in [3.05, 3.63) is 59.1 Å². The molecular formula is C19H24ClN2O2+. The third-order valence-electron chi connectivity index (χ3n) is 3.85. The molecule has 0 aliphatic rings. The van der Waals surface area contributed by atoms with E-state index >= 15 is 0 Å². The molecule has 1 amide bonds. The van der Waals surface area contributed by atoms with Crippen molar-refractivity contribution in [2.45, 2.75) is 13.8 Å². The smallest absolute Gasteiger partial charge is 0.279 e. The number of rotatable bonds is 8. The lowest BCUT2D eigenvalue weighted by Crippen LogP contribution is -3.13. The molecule has 128 valence electrons. The van der Waals surface area contributed by atoms with Gasteiger partial charge in [0.15, 0.2) is 6.54 Å². The Morgan fingerprint density at radius 3 is 2.67 bits per heavy atom. The second kappa shape index (κ2) is 9.30. The van der Waals surface area contributed by atoms with Crippen LogP contribution in [0.1, 0.15) is 12.5 Å². The second-order valence-electron chi connectivity index (χ2n) is 5.70. The van der Waals surface area contributed by atoms with E-state index in [4.69, 9.17) is 16.3 Å². The minimum atomic E-state index is -0.0167. The van der Waals surface area contributed by atoms with Gasteiger partial charge in [0.1, 0.15) is 18.9 Å². The predicted molar refractivity (Wildman–Crippen MR) is 98.0 cm³/mol. The summed E-state index contributed by atoms with van der Waals surface area (Å²) in [7, 11) is 0. The largest absolute Gasteiger partial charge is 0.488 e. The fourth-order valence-corrected chi connectivity index (χ4v) is 2.54. The van der Waals surface area contributed by atoms with Gasteiger partial charge in [0, 0.05) is 10.7 Å². The molecule has 0 aliphatic heterocycles. The first-order valence-corrected chi connectivity index (χ1v) is 8.53. The number of amides is 1. The van der Waals surface area contributed by atoms with Crippen LogP contribution in [0.5, 0.6) is 5.75 Å². The lowest BCUT2D eigenvalue weighted by molar-refractivity contribution is -0.889. The molecule has 2 rings (SSSR count). The molecule has 2 aromatic rings. The van der Waals surface area contributed by atoms with E-state index in [9.17, 15) is 4.79 Å². The summed E-state index contributed by atoms with van der Waals surface area (Å²) in [4.78, 5) is 13.4. The highest BCUT2D eigenvalue weighted by molar-refractivity contribution is 6.31. The summed E-state index contributed by atoms with van der Waals surface area (Å²) < 4.78 is 5.70. The fourth-order valence-electron chi connectivity index (χ4n) is 2.37. The van der Waals surface area contributed by atoms with Gasteiger partial charge in [0.25, 0.3) is 5.91 Å². The van der Waals surface area contributed by atoms with E-state index in [0.29, 0.717) is 18.2 Å². The Morgan fingerprint density at radius 1 is 1.21 bits per heavy atom. The monoisotopic (exact) mass is 347 g/mol. The lowest BCUT2D eigenvalue weighted by atomic mass is 10.2. The summed E-state index contributed by atoms with van der Waals surface area (Å²) >= 11 is 5.99. The highest BCUT2D eigenvalue weighted by atomic mass is 35.5. The molecule has 2 N–H and O–H groups in total. The minimum Gasteiger partial charge on any atom is -0.488 e. The Labute approximate surface area is 148 Å². The molecule has 2 aromatic carbocycles. The minimum absolute atomic E-state index is 0.0167. The van der Waals surface area contributed by atoms with E-state index in [1.165, 1.54) is 4.90 Å². The maximum absolute atomic E-state index is 12.3. The van der Waals surface area contributed by atoms with Crippen LogP contribution in [0.25, 0.3) is 0 Å². The number of benzene rings is 2. The van der Waals surface area contributed by atoms with E-state index in [2.05, 4.69) is 12.2 Å². The van der Waals surface area contributed by atoms with Crippen molar-refractivity contribution in [2.75, 3.05) is 31.6 Å². The molecule has 4 nitrogen and oxygen atoms in total. The van der Waals surface area contributed by atoms with Crippen molar-refractivity contribution in [3.63, 3.8) is 0 Å². The van der Waals surface area contributed by atoms with Crippen LogP contribution < -0.4 is 15.0 Å². The average Bonchev–Trinajstić information content (AvgIpc) is 2.58. The summed E-state index contributed by atoms with van der Waals surface area (Å²) in [6.45, 7) is 6.63. The van der Waals surface area contributed by atoms with Gasteiger partial charge in [-0.15, -0.1) is 0 Å². The first kappa shape index (κ1) is 18.3. The van der Waals surface area contributed by atoms with E-state index in [-0.39, 0.29) is 5.91 Å². The summed E-state index contributed by atoms with van der Waals surface area (Å²) in [5.74, 6) is 0.837. The molecule has 0 aromatic heterocycles. The molecule has 0 saturated heterocycles. The number of aryl methyl sites for hydroxylation is 1. The number of para-hydroxylation sites is 1. The maximum Gasteiger partial charge on any atom is 0.279 e. The molecule has 0 bridgehead atoms. The molecule has 1 unspecified atom stereocenters. The zero-order chi connectivity index (χ0) is 17.4. The molecule has 0 aliphatic carbocycles. The number of likely N-dealkylation sites (N-methyl/N-ethyl adjacent to an activating group) is 1. The van der Waals surface area contributed by atoms with Gasteiger partial charge in [0.05, 0.1) is 6.54 Å². The highest BCUT2D eigenvalue weighted by Crippen LogP contribution is 2.19. The van der Waals surface area contributed by atoms with E-state index < -0.39 is 0 Å². The number of halogens is 1. The standard InChI is InChI=1S/C19H23ClN2O2/c1-3-22(11-12-24-17-7-5-4-6-8-17)14-19(23)21-18-13-16(20)10-9-15(18)2/h4-10,13H,3,11-12,14H2,1-2H3,(H,21,23)/p+1. The normalized spacial score (nSPS) is 11.8. The number of hydrogen-bond donors (Lipinski definition) is 2. The van der Waals surface area contributed by atoms with Gasteiger partial charge in [-0.2, -0.15) is 0 Å². The van der Waals surface area contributed by atoms with Gasteiger partial charge in [-0.05, 0) is 43.7 Å². The number of quaternary nitrogens is 1. The van der Waals surface area contributed by atoms with Gasteiger partial charge in [-0.1, -0.05) is 35.9 Å². The molecular weight excluding hydrogens is 324 g/mol. The fraction of sp³-hybridized carbons (Fsp3) is 0.316. The van der Waals surface area contributed by atoms with Crippen LogP contribution in [-0.2, 0) is 4.79 Å². The molecule has 0 heterocycles. The number of carbonyl (C=O) groups excluding carboxylic acids is 1. The average molecular weight is 348 g/mol. The van der Waals surface area contributed by atoms with Gasteiger partial charge in [-0.3, -0.25) is 4.79 Å². The number of hydrogen-bond acceptors (Lipinski definition) is 2. The maximum atomic E-state index is 12.3. The summed E-state index contributed by atoms with van der Waals surface area (Å²) in [5.41, 5.74) is 1.77. The van der Waals surface area contributed by atoms with Gasteiger partial charge < -0.3 is 15.0 Å². The molecule has 0 spiro atoms. The molecule has 0 radical (unpaired) electrons. The van der Waals surface area contributed by atoms with Crippen molar-refractivity contribution in [2.24, 2.45) is 0 Å². The van der Waals surface area contributed by atoms with Crippen molar-refractivity contribution in [1.29, 1.82) is 0 Å². The summed E-state index contributed by atoms with van der Waals surface area (Å²) in [6, 6.07) is 15.2. The van der Waals surface area contributed by atoms with Crippen molar-refractivity contribution in [1.82, 2.24) is 0 Å². The van der Waals surface area contributed by atoms with Gasteiger partial charge in [0.2, 0.25) is 0 Å². The Hall–Kier alpha value is -2.04. The van der Waals surface area contributed by atoms with Crippen LogP contribution in [0.3, 0.4) is 0 Å². The Bertz CT molecular complexity index is 662. The van der Waals surface area contributed by atoms with Crippen LogP contribution in [0.2, 0.25) is 5.02 Å². The molecule has 0 fully saturated rings. The Balaban J connectivity index is 1.81. The molecule has 24 heavy (non-hydrogen) atoms. The van der Waals surface area contributed by atoms with Crippen LogP contribution in [-0.4, -0.2) is 32.1 Å². The zero-order valence-corrected chi connectivity index (χ0v) is 14.9. The van der Waals surface area contributed by atoms with Crippen LogP contribution in [0.15, 0.2) is 48.5 Å². The Morgan fingerprint density at radius 2 is 1.96 bits per heavy atom. The molecule has 1 atom stereocenters. The van der Waals surface area contributed by atoms with Crippen molar-refractivity contribution >= 4 is 23.2 Å². The molecule has 0 saturated carbocycles. The highest BCUT2D eigenvalue weighted by Gasteiger charge is 2.14. The third-order valence-corrected chi connectivity index (χ3v) is 4.09. The Kier molecular flexibility index (Phi) is 7.09.